The minimum absolute atomic E-state index is 0.103. The van der Waals surface area contributed by atoms with Gasteiger partial charge in [-0.15, -0.1) is 11.8 Å². The van der Waals surface area contributed by atoms with E-state index in [2.05, 4.69) is 5.32 Å². The molecule has 88 valence electrons. The van der Waals surface area contributed by atoms with Crippen molar-refractivity contribution in [3.63, 3.8) is 0 Å². The number of nitrogen functional groups attached to an aromatic ring is 1. The van der Waals surface area contributed by atoms with E-state index in [1.807, 2.05) is 0 Å². The summed E-state index contributed by atoms with van der Waals surface area (Å²) in [6.45, 7) is 0.661. The Morgan fingerprint density at radius 2 is 2.31 bits per heavy atom. The molecule has 0 atom stereocenters. The van der Waals surface area contributed by atoms with Crippen molar-refractivity contribution in [1.29, 1.82) is 0 Å². The van der Waals surface area contributed by atoms with E-state index in [1.165, 1.54) is 0 Å². The van der Waals surface area contributed by atoms with E-state index >= 15 is 0 Å². The van der Waals surface area contributed by atoms with Gasteiger partial charge in [-0.2, -0.15) is 0 Å². The third-order valence-corrected chi connectivity index (χ3v) is 3.08. The summed E-state index contributed by atoms with van der Waals surface area (Å²) < 4.78 is 4.96. The Kier molecular flexibility index (Phi) is 5.14. The first kappa shape index (κ1) is 12.9. The molecule has 0 fully saturated rings. The molecule has 1 amide bonds. The zero-order chi connectivity index (χ0) is 12.0. The minimum atomic E-state index is -0.103. The molecular formula is C11H16N2O2S. The van der Waals surface area contributed by atoms with Gasteiger partial charge < -0.3 is 15.8 Å². The van der Waals surface area contributed by atoms with Crippen LogP contribution < -0.4 is 11.1 Å². The van der Waals surface area contributed by atoms with Gasteiger partial charge in [-0.25, -0.2) is 0 Å². The number of carbonyl (C=O) groups excluding carboxylic acids is 1. The predicted octanol–water partition coefficient (Wildman–Crippen LogP) is 1.37. The zero-order valence-electron chi connectivity index (χ0n) is 9.45. The van der Waals surface area contributed by atoms with Crippen molar-refractivity contribution in [3.05, 3.63) is 23.8 Å². The average Bonchev–Trinajstić information content (AvgIpc) is 2.31. The molecule has 1 rings (SSSR count). The second kappa shape index (κ2) is 6.40. The molecule has 3 N–H and O–H groups in total. The molecule has 0 saturated carbocycles. The molecule has 0 bridgehead atoms. The maximum atomic E-state index is 11.4. The second-order valence-corrected chi connectivity index (χ2v) is 4.31. The van der Waals surface area contributed by atoms with E-state index < -0.39 is 0 Å². The van der Waals surface area contributed by atoms with Gasteiger partial charge in [-0.3, -0.25) is 4.79 Å². The lowest BCUT2D eigenvalue weighted by Crippen LogP contribution is -2.17. The Morgan fingerprint density at radius 3 is 2.94 bits per heavy atom. The van der Waals surface area contributed by atoms with Crippen molar-refractivity contribution < 1.29 is 9.53 Å². The van der Waals surface area contributed by atoms with E-state index in [4.69, 9.17) is 10.5 Å². The highest BCUT2D eigenvalue weighted by Crippen LogP contribution is 2.25. The molecule has 0 aliphatic rings. The van der Waals surface area contributed by atoms with E-state index in [0.29, 0.717) is 17.9 Å². The number of anilines is 1. The van der Waals surface area contributed by atoms with Crippen LogP contribution in [0.3, 0.4) is 0 Å². The standard InChI is InChI=1S/C11H16N2O2S/c1-13-11(14)8-3-4-9(12)10(7-8)16-6-5-15-2/h3-4,7H,5-6,12H2,1-2H3,(H,13,14). The third-order valence-electron chi connectivity index (χ3n) is 2.05. The maximum Gasteiger partial charge on any atom is 0.251 e. The van der Waals surface area contributed by atoms with Crippen LogP contribution in [-0.4, -0.2) is 32.4 Å². The van der Waals surface area contributed by atoms with E-state index in [1.54, 1.807) is 44.1 Å². The van der Waals surface area contributed by atoms with Crippen LogP contribution in [0.15, 0.2) is 23.1 Å². The summed E-state index contributed by atoms with van der Waals surface area (Å²) in [6.07, 6.45) is 0. The van der Waals surface area contributed by atoms with Crippen molar-refractivity contribution in [2.45, 2.75) is 4.90 Å². The van der Waals surface area contributed by atoms with Crippen molar-refractivity contribution in [1.82, 2.24) is 5.32 Å². The van der Waals surface area contributed by atoms with Crippen LogP contribution in [0.1, 0.15) is 10.4 Å². The predicted molar refractivity (Wildman–Crippen MR) is 66.8 cm³/mol. The SMILES string of the molecule is CNC(=O)c1ccc(N)c(SCCOC)c1. The maximum absolute atomic E-state index is 11.4. The monoisotopic (exact) mass is 240 g/mol. The number of hydrogen-bond donors (Lipinski definition) is 2. The van der Waals surface area contributed by atoms with Crippen molar-refractivity contribution in [2.75, 3.05) is 32.3 Å². The molecule has 0 unspecified atom stereocenters. The fourth-order valence-electron chi connectivity index (χ4n) is 1.18. The molecule has 4 nitrogen and oxygen atoms in total. The molecular weight excluding hydrogens is 224 g/mol. The van der Waals surface area contributed by atoms with Gasteiger partial charge in [0.15, 0.2) is 0 Å². The van der Waals surface area contributed by atoms with Crippen LogP contribution in [0.2, 0.25) is 0 Å². The Balaban J connectivity index is 2.78. The number of hydrogen-bond acceptors (Lipinski definition) is 4. The number of nitrogens with one attached hydrogen (secondary N) is 1. The number of thioether (sulfide) groups is 1. The van der Waals surface area contributed by atoms with Crippen LogP contribution in [0.25, 0.3) is 0 Å². The first-order chi connectivity index (χ1) is 7.69. The molecule has 0 aromatic heterocycles. The molecule has 0 heterocycles. The van der Waals surface area contributed by atoms with Gasteiger partial charge in [0.2, 0.25) is 0 Å². The lowest BCUT2D eigenvalue weighted by molar-refractivity contribution is 0.0963. The van der Waals surface area contributed by atoms with Gasteiger partial charge >= 0.3 is 0 Å². The van der Waals surface area contributed by atoms with Crippen molar-refractivity contribution in [3.8, 4) is 0 Å². The van der Waals surface area contributed by atoms with Crippen LogP contribution >= 0.6 is 11.8 Å². The minimum Gasteiger partial charge on any atom is -0.398 e. The average molecular weight is 240 g/mol. The Labute approximate surface area is 99.5 Å². The zero-order valence-corrected chi connectivity index (χ0v) is 10.3. The summed E-state index contributed by atoms with van der Waals surface area (Å²) in [5.74, 6) is 0.714. The van der Waals surface area contributed by atoms with E-state index in [-0.39, 0.29) is 5.91 Å². The number of nitrogens with two attached hydrogens (primary N) is 1. The van der Waals surface area contributed by atoms with Crippen LogP contribution in [-0.2, 0) is 4.74 Å². The number of methoxy groups -OCH3 is 1. The molecule has 16 heavy (non-hydrogen) atoms. The number of amides is 1. The molecule has 1 aromatic carbocycles. The van der Waals surface area contributed by atoms with E-state index in [9.17, 15) is 4.79 Å². The lowest BCUT2D eigenvalue weighted by Gasteiger charge is -2.07. The highest BCUT2D eigenvalue weighted by atomic mass is 32.2. The molecule has 0 spiro atoms. The highest BCUT2D eigenvalue weighted by molar-refractivity contribution is 7.99. The first-order valence-electron chi connectivity index (χ1n) is 4.92. The summed E-state index contributed by atoms with van der Waals surface area (Å²) in [6, 6.07) is 5.27. The van der Waals surface area contributed by atoms with Gasteiger partial charge in [0.25, 0.3) is 5.91 Å². The largest absolute Gasteiger partial charge is 0.398 e. The van der Waals surface area contributed by atoms with Gasteiger partial charge in [0.05, 0.1) is 6.61 Å². The van der Waals surface area contributed by atoms with Crippen LogP contribution in [0.5, 0.6) is 0 Å². The number of benzene rings is 1. The summed E-state index contributed by atoms with van der Waals surface area (Å²) >= 11 is 1.58. The Bertz CT molecular complexity index is 369. The van der Waals surface area contributed by atoms with Crippen LogP contribution in [0, 0.1) is 0 Å². The Hall–Kier alpha value is -1.20. The number of ether oxygens (including phenoxy) is 1. The lowest BCUT2D eigenvalue weighted by atomic mass is 10.2. The summed E-state index contributed by atoms with van der Waals surface area (Å²) in [7, 11) is 3.27. The van der Waals surface area contributed by atoms with Gasteiger partial charge in [-0.05, 0) is 18.2 Å². The van der Waals surface area contributed by atoms with Gasteiger partial charge in [0, 0.05) is 36.1 Å². The summed E-state index contributed by atoms with van der Waals surface area (Å²) in [5, 5.41) is 2.58. The molecule has 0 saturated heterocycles. The molecule has 0 aliphatic heterocycles. The van der Waals surface area contributed by atoms with E-state index in [0.717, 1.165) is 10.6 Å². The van der Waals surface area contributed by atoms with Crippen LogP contribution in [0.4, 0.5) is 5.69 Å². The number of rotatable bonds is 5. The summed E-state index contributed by atoms with van der Waals surface area (Å²) in [5.41, 5.74) is 7.13. The fourth-order valence-corrected chi connectivity index (χ4v) is 2.09. The summed E-state index contributed by atoms with van der Waals surface area (Å²) in [4.78, 5) is 12.3. The highest BCUT2D eigenvalue weighted by Gasteiger charge is 2.06. The molecule has 0 radical (unpaired) electrons. The Morgan fingerprint density at radius 1 is 1.56 bits per heavy atom. The molecule has 5 heteroatoms. The quantitative estimate of drug-likeness (QED) is 0.463. The second-order valence-electron chi connectivity index (χ2n) is 3.17. The van der Waals surface area contributed by atoms with Gasteiger partial charge in [-0.1, -0.05) is 0 Å². The topological polar surface area (TPSA) is 64.4 Å². The number of carbonyl (C=O) groups is 1. The smallest absolute Gasteiger partial charge is 0.251 e. The molecule has 0 aliphatic carbocycles. The molecule has 1 aromatic rings. The normalized spacial score (nSPS) is 10.1. The van der Waals surface area contributed by atoms with Crippen molar-refractivity contribution >= 4 is 23.4 Å². The first-order valence-corrected chi connectivity index (χ1v) is 5.91. The van der Waals surface area contributed by atoms with Crippen molar-refractivity contribution in [2.24, 2.45) is 0 Å². The fraction of sp³-hybridized carbons (Fsp3) is 0.364. The third kappa shape index (κ3) is 3.43. The van der Waals surface area contributed by atoms with Gasteiger partial charge in [0.1, 0.15) is 0 Å².